The van der Waals surface area contributed by atoms with Crippen molar-refractivity contribution in [1.82, 2.24) is 5.32 Å². The first kappa shape index (κ1) is 11.8. The van der Waals surface area contributed by atoms with Crippen molar-refractivity contribution >= 4 is 27.3 Å². The topological polar surface area (TPSA) is 21.3 Å². The normalized spacial score (nSPS) is 10.1. The molecule has 0 unspecified atom stereocenters. The summed E-state index contributed by atoms with van der Waals surface area (Å²) in [5.74, 6) is 0. The zero-order valence-electron chi connectivity index (χ0n) is 7.96. The smallest absolute Gasteiger partial charge is 0.0885 e. The van der Waals surface area contributed by atoms with Crippen LogP contribution < -0.4 is 5.32 Å². The molecular formula is C10H14BrNOS. The molecule has 14 heavy (non-hydrogen) atoms. The summed E-state index contributed by atoms with van der Waals surface area (Å²) in [6, 6.07) is 2.14. The number of hydrogen-bond acceptors (Lipinski definition) is 3. The van der Waals surface area contributed by atoms with E-state index in [2.05, 4.69) is 39.3 Å². The molecule has 0 amide bonds. The molecule has 0 saturated heterocycles. The van der Waals surface area contributed by atoms with E-state index in [0.717, 1.165) is 30.6 Å². The Labute approximate surface area is 97.1 Å². The summed E-state index contributed by atoms with van der Waals surface area (Å²) in [4.78, 5) is 1.35. The molecule has 0 atom stereocenters. The van der Waals surface area contributed by atoms with Crippen LogP contribution in [0.4, 0.5) is 0 Å². The van der Waals surface area contributed by atoms with E-state index in [1.807, 2.05) is 0 Å². The summed E-state index contributed by atoms with van der Waals surface area (Å²) in [6.07, 6.45) is 2.49. The maximum atomic E-state index is 5.01. The van der Waals surface area contributed by atoms with E-state index in [9.17, 15) is 0 Å². The SMILES string of the molecule is C=COCCCNCc1cc(Br)cs1. The summed E-state index contributed by atoms with van der Waals surface area (Å²) in [7, 11) is 0. The molecule has 1 heterocycles. The first-order valence-corrected chi connectivity index (χ1v) is 6.16. The van der Waals surface area contributed by atoms with Crippen LogP contribution in [0.3, 0.4) is 0 Å². The summed E-state index contributed by atoms with van der Waals surface area (Å²) < 4.78 is 6.17. The Morgan fingerprint density at radius 2 is 2.50 bits per heavy atom. The molecule has 0 aliphatic rings. The van der Waals surface area contributed by atoms with E-state index in [-0.39, 0.29) is 0 Å². The average molecular weight is 276 g/mol. The van der Waals surface area contributed by atoms with Crippen LogP contribution in [0.5, 0.6) is 0 Å². The Kier molecular flexibility index (Phi) is 5.91. The fourth-order valence-corrected chi connectivity index (χ4v) is 2.44. The monoisotopic (exact) mass is 275 g/mol. The van der Waals surface area contributed by atoms with Crippen molar-refractivity contribution in [1.29, 1.82) is 0 Å². The number of halogens is 1. The number of rotatable bonds is 7. The van der Waals surface area contributed by atoms with Crippen molar-refractivity contribution in [2.24, 2.45) is 0 Å². The van der Waals surface area contributed by atoms with Crippen LogP contribution in [0.2, 0.25) is 0 Å². The van der Waals surface area contributed by atoms with E-state index in [1.165, 1.54) is 11.1 Å². The van der Waals surface area contributed by atoms with Crippen molar-refractivity contribution in [3.05, 3.63) is 33.6 Å². The predicted octanol–water partition coefficient (Wildman–Crippen LogP) is 3.15. The quantitative estimate of drug-likeness (QED) is 0.610. The van der Waals surface area contributed by atoms with Crippen LogP contribution in [0.1, 0.15) is 11.3 Å². The van der Waals surface area contributed by atoms with Gasteiger partial charge in [0, 0.05) is 21.3 Å². The third kappa shape index (κ3) is 4.79. The van der Waals surface area contributed by atoms with E-state index >= 15 is 0 Å². The number of hydrogen-bond donors (Lipinski definition) is 1. The van der Waals surface area contributed by atoms with Gasteiger partial charge in [0.15, 0.2) is 0 Å². The van der Waals surface area contributed by atoms with Gasteiger partial charge in [-0.1, -0.05) is 6.58 Å². The second kappa shape index (κ2) is 7.04. The van der Waals surface area contributed by atoms with Gasteiger partial charge in [0.05, 0.1) is 12.9 Å². The highest BCUT2D eigenvalue weighted by Gasteiger charge is 1.96. The van der Waals surface area contributed by atoms with Gasteiger partial charge in [-0.2, -0.15) is 0 Å². The highest BCUT2D eigenvalue weighted by Crippen LogP contribution is 2.19. The van der Waals surface area contributed by atoms with Gasteiger partial charge >= 0.3 is 0 Å². The Morgan fingerprint density at radius 3 is 3.14 bits per heavy atom. The first-order valence-electron chi connectivity index (χ1n) is 4.49. The molecule has 4 heteroatoms. The van der Waals surface area contributed by atoms with Crippen LogP contribution >= 0.6 is 27.3 Å². The molecule has 0 aliphatic carbocycles. The Morgan fingerprint density at radius 1 is 1.64 bits per heavy atom. The van der Waals surface area contributed by atoms with Crippen LogP contribution in [-0.2, 0) is 11.3 Å². The molecular weight excluding hydrogens is 262 g/mol. The number of thiophene rings is 1. The Balaban J connectivity index is 2.01. The zero-order chi connectivity index (χ0) is 10.2. The zero-order valence-corrected chi connectivity index (χ0v) is 10.4. The molecule has 1 aromatic rings. The maximum Gasteiger partial charge on any atom is 0.0885 e. The molecule has 0 fully saturated rings. The molecule has 0 bridgehead atoms. The van der Waals surface area contributed by atoms with Gasteiger partial charge in [-0.25, -0.2) is 0 Å². The highest BCUT2D eigenvalue weighted by molar-refractivity contribution is 9.10. The van der Waals surface area contributed by atoms with Gasteiger partial charge in [-0.15, -0.1) is 11.3 Å². The summed E-state index contributed by atoms with van der Waals surface area (Å²) in [5, 5.41) is 5.44. The lowest BCUT2D eigenvalue weighted by atomic mass is 10.4. The molecule has 1 aromatic heterocycles. The molecule has 0 aliphatic heterocycles. The average Bonchev–Trinajstić information content (AvgIpc) is 2.58. The highest BCUT2D eigenvalue weighted by atomic mass is 79.9. The molecule has 0 saturated carbocycles. The number of nitrogens with one attached hydrogen (secondary N) is 1. The Hall–Kier alpha value is -0.320. The summed E-state index contributed by atoms with van der Waals surface area (Å²) >= 11 is 5.19. The molecule has 0 spiro atoms. The standard InChI is InChI=1S/C10H14BrNOS/c1-2-13-5-3-4-12-7-10-6-9(11)8-14-10/h2,6,8,12H,1,3-5,7H2. The predicted molar refractivity (Wildman–Crippen MR) is 64.5 cm³/mol. The second-order valence-corrected chi connectivity index (χ2v) is 4.71. The largest absolute Gasteiger partial charge is 0.502 e. The number of ether oxygens (including phenoxy) is 1. The fourth-order valence-electron chi connectivity index (χ4n) is 1.02. The van der Waals surface area contributed by atoms with E-state index < -0.39 is 0 Å². The van der Waals surface area contributed by atoms with Crippen molar-refractivity contribution in [2.75, 3.05) is 13.2 Å². The van der Waals surface area contributed by atoms with Crippen LogP contribution in [0.15, 0.2) is 28.8 Å². The third-order valence-corrected chi connectivity index (χ3v) is 3.35. The molecule has 78 valence electrons. The minimum Gasteiger partial charge on any atom is -0.502 e. The van der Waals surface area contributed by atoms with Crippen molar-refractivity contribution < 1.29 is 4.74 Å². The third-order valence-electron chi connectivity index (χ3n) is 1.65. The molecule has 0 radical (unpaired) electrons. The molecule has 1 rings (SSSR count). The van der Waals surface area contributed by atoms with Gasteiger partial charge in [0.25, 0.3) is 0 Å². The van der Waals surface area contributed by atoms with E-state index in [1.54, 1.807) is 11.3 Å². The van der Waals surface area contributed by atoms with Crippen molar-refractivity contribution in [3.63, 3.8) is 0 Å². The first-order chi connectivity index (χ1) is 6.83. The van der Waals surface area contributed by atoms with Crippen LogP contribution in [-0.4, -0.2) is 13.2 Å². The Bertz CT molecular complexity index is 275. The van der Waals surface area contributed by atoms with E-state index in [0.29, 0.717) is 0 Å². The van der Waals surface area contributed by atoms with Gasteiger partial charge in [-0.05, 0) is 35.0 Å². The lowest BCUT2D eigenvalue weighted by molar-refractivity contribution is 0.244. The lowest BCUT2D eigenvalue weighted by Crippen LogP contribution is -2.15. The minimum absolute atomic E-state index is 0.741. The molecule has 0 aromatic carbocycles. The van der Waals surface area contributed by atoms with Gasteiger partial charge < -0.3 is 10.1 Å². The second-order valence-electron chi connectivity index (χ2n) is 2.80. The fraction of sp³-hybridized carbons (Fsp3) is 0.400. The minimum atomic E-state index is 0.741. The summed E-state index contributed by atoms with van der Waals surface area (Å²) in [5.41, 5.74) is 0. The van der Waals surface area contributed by atoms with Gasteiger partial charge in [-0.3, -0.25) is 0 Å². The van der Waals surface area contributed by atoms with Crippen LogP contribution in [0.25, 0.3) is 0 Å². The van der Waals surface area contributed by atoms with Gasteiger partial charge in [0.2, 0.25) is 0 Å². The lowest BCUT2D eigenvalue weighted by Gasteiger charge is -2.02. The van der Waals surface area contributed by atoms with Gasteiger partial charge in [0.1, 0.15) is 0 Å². The van der Waals surface area contributed by atoms with Crippen molar-refractivity contribution in [2.45, 2.75) is 13.0 Å². The molecule has 1 N–H and O–H groups in total. The van der Waals surface area contributed by atoms with Crippen LogP contribution in [0, 0.1) is 0 Å². The molecule has 2 nitrogen and oxygen atoms in total. The maximum absolute atomic E-state index is 5.01. The summed E-state index contributed by atoms with van der Waals surface area (Å²) in [6.45, 7) is 6.13. The van der Waals surface area contributed by atoms with E-state index in [4.69, 9.17) is 4.74 Å². The van der Waals surface area contributed by atoms with Crippen molar-refractivity contribution in [3.8, 4) is 0 Å².